The number of amides is 3. The molecule has 1 unspecified atom stereocenters. The maximum absolute atomic E-state index is 13.5. The van der Waals surface area contributed by atoms with Crippen molar-refractivity contribution < 1.29 is 19.1 Å². The molecule has 3 aromatic carbocycles. The molecule has 1 N–H and O–H groups in total. The van der Waals surface area contributed by atoms with E-state index in [0.717, 1.165) is 48.9 Å². The Morgan fingerprint density at radius 1 is 0.800 bits per heavy atom. The maximum atomic E-state index is 13.5. The molecule has 178 valence electrons. The lowest BCUT2D eigenvalue weighted by atomic mass is 10.0. The summed E-state index contributed by atoms with van der Waals surface area (Å²) in [4.78, 5) is 43.2. The molecule has 2 aliphatic rings. The highest BCUT2D eigenvalue weighted by Gasteiger charge is 2.42. The van der Waals surface area contributed by atoms with Gasteiger partial charge in [0.25, 0.3) is 11.8 Å². The number of carbonyl (C=O) groups is 3. The topological polar surface area (TPSA) is 79.0 Å². The second-order valence-electron chi connectivity index (χ2n) is 8.81. The zero-order valence-corrected chi connectivity index (χ0v) is 19.4. The predicted octanol–water partition coefficient (Wildman–Crippen LogP) is 3.36. The number of benzene rings is 3. The number of imide groups is 1. The molecule has 0 saturated carbocycles. The first kappa shape index (κ1) is 23.0. The molecular weight excluding hydrogens is 442 g/mol. The SMILES string of the molecule is O=C(Nc1ccc(CN2CCOCC2)cc1)C(Cc1ccccc1)N1C(=O)c2ccccc2C1=O. The van der Waals surface area contributed by atoms with Crippen molar-refractivity contribution in [1.82, 2.24) is 9.80 Å². The highest BCUT2D eigenvalue weighted by atomic mass is 16.5. The van der Waals surface area contributed by atoms with Crippen LogP contribution < -0.4 is 5.32 Å². The van der Waals surface area contributed by atoms with E-state index in [9.17, 15) is 14.4 Å². The summed E-state index contributed by atoms with van der Waals surface area (Å²) in [5.74, 6) is -1.28. The van der Waals surface area contributed by atoms with E-state index in [-0.39, 0.29) is 6.42 Å². The monoisotopic (exact) mass is 469 g/mol. The minimum Gasteiger partial charge on any atom is -0.379 e. The van der Waals surface area contributed by atoms with Crippen LogP contribution in [0.1, 0.15) is 31.8 Å². The van der Waals surface area contributed by atoms with Gasteiger partial charge in [0.2, 0.25) is 5.91 Å². The van der Waals surface area contributed by atoms with Gasteiger partial charge in [0.05, 0.1) is 24.3 Å². The molecular formula is C28H27N3O4. The molecule has 5 rings (SSSR count). The summed E-state index contributed by atoms with van der Waals surface area (Å²) in [6, 6.07) is 22.8. The zero-order valence-electron chi connectivity index (χ0n) is 19.4. The molecule has 3 aromatic rings. The molecule has 0 spiro atoms. The number of nitrogens with one attached hydrogen (secondary N) is 1. The largest absolute Gasteiger partial charge is 0.379 e. The van der Waals surface area contributed by atoms with Gasteiger partial charge in [0.1, 0.15) is 6.04 Å². The van der Waals surface area contributed by atoms with Crippen molar-refractivity contribution in [3.05, 3.63) is 101 Å². The van der Waals surface area contributed by atoms with Crippen molar-refractivity contribution in [2.75, 3.05) is 31.6 Å². The van der Waals surface area contributed by atoms with Crippen LogP contribution in [0.3, 0.4) is 0 Å². The van der Waals surface area contributed by atoms with Crippen LogP contribution in [0.15, 0.2) is 78.9 Å². The molecule has 0 radical (unpaired) electrons. The fourth-order valence-electron chi connectivity index (χ4n) is 4.57. The molecule has 1 fully saturated rings. The van der Waals surface area contributed by atoms with Crippen LogP contribution in [0.25, 0.3) is 0 Å². The van der Waals surface area contributed by atoms with E-state index in [1.807, 2.05) is 54.6 Å². The number of morpholine rings is 1. The molecule has 35 heavy (non-hydrogen) atoms. The van der Waals surface area contributed by atoms with E-state index >= 15 is 0 Å². The first-order valence-electron chi connectivity index (χ1n) is 11.8. The lowest BCUT2D eigenvalue weighted by molar-refractivity contribution is -0.119. The van der Waals surface area contributed by atoms with Gasteiger partial charge in [-0.2, -0.15) is 0 Å². The smallest absolute Gasteiger partial charge is 0.262 e. The zero-order chi connectivity index (χ0) is 24.2. The van der Waals surface area contributed by atoms with Gasteiger partial charge in [-0.1, -0.05) is 54.6 Å². The summed E-state index contributed by atoms with van der Waals surface area (Å²) in [6.07, 6.45) is 0.229. The number of hydrogen-bond donors (Lipinski definition) is 1. The van der Waals surface area contributed by atoms with Crippen molar-refractivity contribution in [1.29, 1.82) is 0 Å². The molecule has 7 nitrogen and oxygen atoms in total. The summed E-state index contributed by atoms with van der Waals surface area (Å²) in [5.41, 5.74) is 3.29. The van der Waals surface area contributed by atoms with E-state index in [1.54, 1.807) is 24.3 Å². The highest BCUT2D eigenvalue weighted by Crippen LogP contribution is 2.27. The van der Waals surface area contributed by atoms with Gasteiger partial charge >= 0.3 is 0 Å². The predicted molar refractivity (Wildman–Crippen MR) is 132 cm³/mol. The Bertz CT molecular complexity index is 1190. The molecule has 0 bridgehead atoms. The normalized spacial score (nSPS) is 16.7. The second-order valence-corrected chi connectivity index (χ2v) is 8.81. The number of hydrogen-bond acceptors (Lipinski definition) is 5. The van der Waals surface area contributed by atoms with Gasteiger partial charge < -0.3 is 10.1 Å². The van der Waals surface area contributed by atoms with Crippen molar-refractivity contribution in [2.24, 2.45) is 0 Å². The summed E-state index contributed by atoms with van der Waals surface area (Å²) in [7, 11) is 0. The summed E-state index contributed by atoms with van der Waals surface area (Å²) >= 11 is 0. The Kier molecular flexibility index (Phi) is 6.70. The average molecular weight is 470 g/mol. The average Bonchev–Trinajstić information content (AvgIpc) is 3.15. The molecule has 7 heteroatoms. The molecule has 1 saturated heterocycles. The first-order chi connectivity index (χ1) is 17.1. The number of ether oxygens (including phenoxy) is 1. The third kappa shape index (κ3) is 5.01. The van der Waals surface area contributed by atoms with Crippen LogP contribution in [0, 0.1) is 0 Å². The Balaban J connectivity index is 1.34. The lowest BCUT2D eigenvalue weighted by Gasteiger charge is -2.27. The van der Waals surface area contributed by atoms with Crippen LogP contribution in [0.5, 0.6) is 0 Å². The Hall–Kier alpha value is -3.81. The lowest BCUT2D eigenvalue weighted by Crippen LogP contribution is -2.48. The third-order valence-corrected chi connectivity index (χ3v) is 6.44. The quantitative estimate of drug-likeness (QED) is 0.537. The molecule has 2 aliphatic heterocycles. The van der Waals surface area contributed by atoms with Crippen LogP contribution in [-0.2, 0) is 22.5 Å². The standard InChI is InChI=1S/C28H27N3O4/c32-26(29-22-12-10-21(11-13-22)19-30-14-16-35-17-15-30)25(18-20-6-2-1-3-7-20)31-27(33)23-8-4-5-9-24(23)28(31)34/h1-13,25H,14-19H2,(H,29,32). The molecule has 2 heterocycles. The van der Waals surface area contributed by atoms with Crippen LogP contribution >= 0.6 is 0 Å². The van der Waals surface area contributed by atoms with E-state index in [4.69, 9.17) is 4.74 Å². The first-order valence-corrected chi connectivity index (χ1v) is 11.8. The van der Waals surface area contributed by atoms with Gasteiger partial charge in [-0.05, 0) is 35.4 Å². The highest BCUT2D eigenvalue weighted by molar-refractivity contribution is 6.23. The number of carbonyl (C=O) groups excluding carboxylic acids is 3. The minimum atomic E-state index is -0.974. The Morgan fingerprint density at radius 2 is 1.40 bits per heavy atom. The van der Waals surface area contributed by atoms with Crippen molar-refractivity contribution in [2.45, 2.75) is 19.0 Å². The van der Waals surface area contributed by atoms with E-state index in [2.05, 4.69) is 10.2 Å². The summed E-state index contributed by atoms with van der Waals surface area (Å²) in [6.45, 7) is 4.12. The van der Waals surface area contributed by atoms with Crippen LogP contribution in [0.4, 0.5) is 5.69 Å². The van der Waals surface area contributed by atoms with Gasteiger partial charge in [0, 0.05) is 31.7 Å². The fourth-order valence-corrected chi connectivity index (χ4v) is 4.57. The number of anilines is 1. The minimum absolute atomic E-state index is 0.229. The van der Waals surface area contributed by atoms with E-state index < -0.39 is 23.8 Å². The van der Waals surface area contributed by atoms with E-state index in [0.29, 0.717) is 16.8 Å². The second kappa shape index (κ2) is 10.2. The summed E-state index contributed by atoms with van der Waals surface area (Å²) in [5, 5.41) is 2.92. The number of rotatable bonds is 7. The van der Waals surface area contributed by atoms with Gasteiger partial charge in [-0.25, -0.2) is 0 Å². The van der Waals surface area contributed by atoms with Crippen molar-refractivity contribution in [3.8, 4) is 0 Å². The van der Waals surface area contributed by atoms with Crippen LogP contribution in [0.2, 0.25) is 0 Å². The van der Waals surface area contributed by atoms with Crippen molar-refractivity contribution in [3.63, 3.8) is 0 Å². The fraction of sp³-hybridized carbons (Fsp3) is 0.250. The molecule has 1 atom stereocenters. The van der Waals surface area contributed by atoms with Crippen LogP contribution in [-0.4, -0.2) is 59.9 Å². The van der Waals surface area contributed by atoms with Gasteiger partial charge in [0.15, 0.2) is 0 Å². The molecule has 0 aromatic heterocycles. The molecule has 3 amide bonds. The van der Waals surface area contributed by atoms with Crippen molar-refractivity contribution >= 4 is 23.4 Å². The maximum Gasteiger partial charge on any atom is 0.262 e. The number of fused-ring (bicyclic) bond motifs is 1. The van der Waals surface area contributed by atoms with Gasteiger partial charge in [-0.3, -0.25) is 24.2 Å². The van der Waals surface area contributed by atoms with E-state index in [1.165, 1.54) is 0 Å². The third-order valence-electron chi connectivity index (χ3n) is 6.44. The Morgan fingerprint density at radius 3 is 2.03 bits per heavy atom. The Labute approximate surface area is 204 Å². The number of nitrogens with zero attached hydrogens (tertiary/aromatic N) is 2. The molecule has 0 aliphatic carbocycles. The summed E-state index contributed by atoms with van der Waals surface area (Å²) < 4.78 is 5.40. The van der Waals surface area contributed by atoms with Gasteiger partial charge in [-0.15, -0.1) is 0 Å².